The molecule has 1 heterocycles. The summed E-state index contributed by atoms with van der Waals surface area (Å²) >= 11 is 6.20. The molecule has 0 radical (unpaired) electrons. The van der Waals surface area contributed by atoms with Gasteiger partial charge in [0.15, 0.2) is 0 Å². The first-order valence-corrected chi connectivity index (χ1v) is 6.34. The molecule has 3 heteroatoms. The maximum Gasteiger partial charge on any atom is 0.118 e. The van der Waals surface area contributed by atoms with Crippen molar-refractivity contribution in [1.82, 2.24) is 4.98 Å². The predicted molar refractivity (Wildman–Crippen MR) is 78.7 cm³/mol. The van der Waals surface area contributed by atoms with E-state index in [0.717, 1.165) is 32.8 Å². The Bertz CT molecular complexity index is 722. The van der Waals surface area contributed by atoms with Crippen molar-refractivity contribution in [1.29, 1.82) is 0 Å². The molecule has 0 amide bonds. The summed E-state index contributed by atoms with van der Waals surface area (Å²) in [6.45, 7) is 0. The van der Waals surface area contributed by atoms with Gasteiger partial charge in [-0.3, -0.25) is 4.98 Å². The van der Waals surface area contributed by atoms with Crippen LogP contribution >= 0.6 is 11.6 Å². The van der Waals surface area contributed by atoms with Crippen molar-refractivity contribution < 1.29 is 4.74 Å². The second-order valence-corrected chi connectivity index (χ2v) is 4.66. The summed E-state index contributed by atoms with van der Waals surface area (Å²) in [5.41, 5.74) is 3.15. The molecule has 0 aliphatic heterocycles. The molecule has 0 unspecified atom stereocenters. The molecule has 3 aromatic rings. The first-order valence-electron chi connectivity index (χ1n) is 5.96. The van der Waals surface area contributed by atoms with E-state index in [1.807, 2.05) is 42.5 Å². The van der Waals surface area contributed by atoms with Crippen LogP contribution in [0.2, 0.25) is 5.02 Å². The highest BCUT2D eigenvalue weighted by Crippen LogP contribution is 2.28. The van der Waals surface area contributed by atoms with Crippen molar-refractivity contribution in [3.8, 4) is 16.9 Å². The summed E-state index contributed by atoms with van der Waals surface area (Å²) in [5.74, 6) is 0.851. The van der Waals surface area contributed by atoms with Crippen LogP contribution in [0.15, 0.2) is 54.7 Å². The Morgan fingerprint density at radius 2 is 1.68 bits per heavy atom. The number of methoxy groups -OCH3 is 1. The van der Waals surface area contributed by atoms with Crippen LogP contribution in [0.4, 0.5) is 0 Å². The smallest absolute Gasteiger partial charge is 0.118 e. The Hall–Kier alpha value is -2.06. The quantitative estimate of drug-likeness (QED) is 0.680. The van der Waals surface area contributed by atoms with Gasteiger partial charge in [-0.1, -0.05) is 29.8 Å². The minimum absolute atomic E-state index is 0.723. The zero-order valence-corrected chi connectivity index (χ0v) is 11.2. The lowest BCUT2D eigenvalue weighted by Crippen LogP contribution is -1.84. The van der Waals surface area contributed by atoms with Gasteiger partial charge in [0.2, 0.25) is 0 Å². The number of benzene rings is 2. The van der Waals surface area contributed by atoms with Crippen LogP contribution in [0.25, 0.3) is 22.0 Å². The van der Waals surface area contributed by atoms with Gasteiger partial charge in [0.1, 0.15) is 5.75 Å². The summed E-state index contributed by atoms with van der Waals surface area (Å²) in [7, 11) is 1.66. The number of fused-ring (bicyclic) bond motifs is 1. The molecule has 0 aliphatic rings. The third kappa shape index (κ3) is 2.27. The van der Waals surface area contributed by atoms with Gasteiger partial charge < -0.3 is 4.74 Å². The van der Waals surface area contributed by atoms with Gasteiger partial charge in [0.25, 0.3) is 0 Å². The SMILES string of the molecule is COc1ccc(-c2ccc3nccc(Cl)c3c2)cc1. The second kappa shape index (κ2) is 4.90. The average Bonchev–Trinajstić information content (AvgIpc) is 2.47. The second-order valence-electron chi connectivity index (χ2n) is 4.25. The van der Waals surface area contributed by atoms with Crippen molar-refractivity contribution in [2.45, 2.75) is 0 Å². The average molecular weight is 270 g/mol. The van der Waals surface area contributed by atoms with Crippen LogP contribution in [0.3, 0.4) is 0 Å². The van der Waals surface area contributed by atoms with Crippen molar-refractivity contribution in [3.05, 3.63) is 59.8 Å². The molecule has 0 N–H and O–H groups in total. The van der Waals surface area contributed by atoms with Gasteiger partial charge in [-0.2, -0.15) is 0 Å². The number of halogens is 1. The zero-order chi connectivity index (χ0) is 13.2. The van der Waals surface area contributed by atoms with E-state index >= 15 is 0 Å². The predicted octanol–water partition coefficient (Wildman–Crippen LogP) is 4.56. The lowest BCUT2D eigenvalue weighted by Gasteiger charge is -2.06. The monoisotopic (exact) mass is 269 g/mol. The van der Waals surface area contributed by atoms with E-state index in [4.69, 9.17) is 16.3 Å². The van der Waals surface area contributed by atoms with Gasteiger partial charge >= 0.3 is 0 Å². The van der Waals surface area contributed by atoms with Crippen molar-refractivity contribution in [2.24, 2.45) is 0 Å². The number of hydrogen-bond acceptors (Lipinski definition) is 2. The Balaban J connectivity index is 2.11. The zero-order valence-electron chi connectivity index (χ0n) is 10.4. The molecule has 1 aromatic heterocycles. The van der Waals surface area contributed by atoms with E-state index in [2.05, 4.69) is 11.1 Å². The molecule has 0 saturated heterocycles. The molecular formula is C16H12ClNO. The molecule has 0 bridgehead atoms. The highest BCUT2D eigenvalue weighted by Gasteiger charge is 2.03. The fourth-order valence-corrected chi connectivity index (χ4v) is 2.28. The van der Waals surface area contributed by atoms with Gasteiger partial charge in [0, 0.05) is 11.6 Å². The number of rotatable bonds is 2. The van der Waals surface area contributed by atoms with Crippen LogP contribution in [0, 0.1) is 0 Å². The van der Waals surface area contributed by atoms with Gasteiger partial charge in [-0.25, -0.2) is 0 Å². The summed E-state index contributed by atoms with van der Waals surface area (Å²) in [6, 6.07) is 15.9. The van der Waals surface area contributed by atoms with E-state index < -0.39 is 0 Å². The first-order chi connectivity index (χ1) is 9.28. The van der Waals surface area contributed by atoms with Crippen molar-refractivity contribution in [3.63, 3.8) is 0 Å². The maximum absolute atomic E-state index is 6.20. The lowest BCUT2D eigenvalue weighted by molar-refractivity contribution is 0.415. The molecule has 2 aromatic carbocycles. The summed E-state index contributed by atoms with van der Waals surface area (Å²) in [4.78, 5) is 4.30. The Morgan fingerprint density at radius 3 is 2.42 bits per heavy atom. The molecule has 0 atom stereocenters. The fourth-order valence-electron chi connectivity index (χ4n) is 2.08. The lowest BCUT2D eigenvalue weighted by atomic mass is 10.0. The topological polar surface area (TPSA) is 22.1 Å². The summed E-state index contributed by atoms with van der Waals surface area (Å²) in [5, 5.41) is 1.69. The fraction of sp³-hybridized carbons (Fsp3) is 0.0625. The molecular weight excluding hydrogens is 258 g/mol. The van der Waals surface area contributed by atoms with E-state index in [1.54, 1.807) is 13.3 Å². The van der Waals surface area contributed by atoms with Gasteiger partial charge in [0.05, 0.1) is 17.6 Å². The summed E-state index contributed by atoms with van der Waals surface area (Å²) in [6.07, 6.45) is 1.72. The number of nitrogens with zero attached hydrogens (tertiary/aromatic N) is 1. The van der Waals surface area contributed by atoms with E-state index in [0.29, 0.717) is 0 Å². The molecule has 0 aliphatic carbocycles. The number of aromatic nitrogens is 1. The molecule has 3 rings (SSSR count). The van der Waals surface area contributed by atoms with Crippen LogP contribution in [-0.2, 0) is 0 Å². The Labute approximate surface area is 116 Å². The van der Waals surface area contributed by atoms with E-state index in [1.165, 1.54) is 0 Å². The van der Waals surface area contributed by atoms with Crippen LogP contribution in [-0.4, -0.2) is 12.1 Å². The van der Waals surface area contributed by atoms with E-state index in [9.17, 15) is 0 Å². The molecule has 0 saturated carbocycles. The van der Waals surface area contributed by atoms with Crippen molar-refractivity contribution in [2.75, 3.05) is 7.11 Å². The Kier molecular flexibility index (Phi) is 3.10. The number of hydrogen-bond donors (Lipinski definition) is 0. The minimum Gasteiger partial charge on any atom is -0.497 e. The van der Waals surface area contributed by atoms with Crippen LogP contribution in [0.1, 0.15) is 0 Å². The molecule has 94 valence electrons. The highest BCUT2D eigenvalue weighted by molar-refractivity contribution is 6.35. The largest absolute Gasteiger partial charge is 0.497 e. The molecule has 19 heavy (non-hydrogen) atoms. The van der Waals surface area contributed by atoms with E-state index in [-0.39, 0.29) is 0 Å². The number of pyridine rings is 1. The van der Waals surface area contributed by atoms with Crippen LogP contribution < -0.4 is 4.74 Å². The van der Waals surface area contributed by atoms with Gasteiger partial charge in [-0.05, 0) is 41.5 Å². The first kappa shape index (κ1) is 12.0. The molecule has 0 spiro atoms. The standard InChI is InChI=1S/C16H12ClNO/c1-19-13-5-2-11(3-6-13)12-4-7-16-14(10-12)15(17)8-9-18-16/h2-10H,1H3. The van der Waals surface area contributed by atoms with Crippen LogP contribution in [0.5, 0.6) is 5.75 Å². The molecule has 2 nitrogen and oxygen atoms in total. The minimum atomic E-state index is 0.723. The molecule has 0 fully saturated rings. The van der Waals surface area contributed by atoms with Crippen molar-refractivity contribution >= 4 is 22.5 Å². The third-order valence-corrected chi connectivity index (χ3v) is 3.44. The Morgan fingerprint density at radius 1 is 0.947 bits per heavy atom. The van der Waals surface area contributed by atoms with Gasteiger partial charge in [-0.15, -0.1) is 0 Å². The normalized spacial score (nSPS) is 10.6. The highest BCUT2D eigenvalue weighted by atomic mass is 35.5. The third-order valence-electron chi connectivity index (χ3n) is 3.11. The summed E-state index contributed by atoms with van der Waals surface area (Å²) < 4.78 is 5.16. The maximum atomic E-state index is 6.20. The number of ether oxygens (including phenoxy) is 1.